The standard InChI is InChI=1S/C15H19N5S/c1-10(2)13-6-5-11(7-16)14(19-13)17-8-12-9-18-15(21-4)20(12)3/h5-6,9-10H,8H2,1-4H3,(H,17,19). The zero-order valence-electron chi connectivity index (χ0n) is 12.7. The lowest BCUT2D eigenvalue weighted by molar-refractivity contribution is 0.746. The van der Waals surface area contributed by atoms with E-state index in [4.69, 9.17) is 0 Å². The highest BCUT2D eigenvalue weighted by Gasteiger charge is 2.10. The predicted molar refractivity (Wildman–Crippen MR) is 85.4 cm³/mol. The Kier molecular flexibility index (Phi) is 4.86. The Labute approximate surface area is 129 Å². The smallest absolute Gasteiger partial charge is 0.167 e. The second-order valence-electron chi connectivity index (χ2n) is 5.05. The Balaban J connectivity index is 2.20. The van der Waals surface area contributed by atoms with Crippen molar-refractivity contribution in [2.75, 3.05) is 11.6 Å². The molecule has 0 radical (unpaired) electrons. The largest absolute Gasteiger partial charge is 0.363 e. The zero-order valence-corrected chi connectivity index (χ0v) is 13.5. The fraction of sp³-hybridized carbons (Fsp3) is 0.400. The number of thioether (sulfide) groups is 1. The molecule has 0 bridgehead atoms. The van der Waals surface area contributed by atoms with Crippen LogP contribution in [0.2, 0.25) is 0 Å². The SMILES string of the molecule is CSc1ncc(CNc2nc(C(C)C)ccc2C#N)n1C. The third kappa shape index (κ3) is 3.37. The van der Waals surface area contributed by atoms with Crippen molar-refractivity contribution in [1.82, 2.24) is 14.5 Å². The van der Waals surface area contributed by atoms with E-state index in [-0.39, 0.29) is 0 Å². The fourth-order valence-corrected chi connectivity index (χ4v) is 2.52. The zero-order chi connectivity index (χ0) is 15.4. The van der Waals surface area contributed by atoms with Crippen LogP contribution >= 0.6 is 11.8 Å². The Morgan fingerprint density at radius 3 is 2.76 bits per heavy atom. The third-order valence-corrected chi connectivity index (χ3v) is 4.03. The Morgan fingerprint density at radius 2 is 2.19 bits per heavy atom. The van der Waals surface area contributed by atoms with Gasteiger partial charge in [-0.15, -0.1) is 0 Å². The van der Waals surface area contributed by atoms with Gasteiger partial charge in [-0.1, -0.05) is 25.6 Å². The topological polar surface area (TPSA) is 66.5 Å². The first kappa shape index (κ1) is 15.4. The minimum absolute atomic E-state index is 0.332. The molecule has 2 aromatic rings. The highest BCUT2D eigenvalue weighted by molar-refractivity contribution is 7.98. The molecule has 0 aliphatic rings. The van der Waals surface area contributed by atoms with Crippen LogP contribution in [0.1, 0.15) is 36.7 Å². The van der Waals surface area contributed by atoms with E-state index in [0.717, 1.165) is 16.5 Å². The summed E-state index contributed by atoms with van der Waals surface area (Å²) in [6.45, 7) is 4.77. The maximum atomic E-state index is 9.19. The van der Waals surface area contributed by atoms with E-state index in [0.29, 0.717) is 23.8 Å². The predicted octanol–water partition coefficient (Wildman–Crippen LogP) is 3.14. The molecule has 0 atom stereocenters. The molecule has 0 aliphatic carbocycles. The van der Waals surface area contributed by atoms with E-state index >= 15 is 0 Å². The molecule has 0 aliphatic heterocycles. The van der Waals surface area contributed by atoms with Crippen molar-refractivity contribution in [2.24, 2.45) is 7.05 Å². The van der Waals surface area contributed by atoms with E-state index in [2.05, 4.69) is 35.2 Å². The molecule has 0 unspecified atom stereocenters. The molecule has 5 nitrogen and oxygen atoms in total. The van der Waals surface area contributed by atoms with Crippen LogP contribution in [0, 0.1) is 11.3 Å². The molecule has 6 heteroatoms. The first-order valence-corrected chi connectivity index (χ1v) is 7.98. The van der Waals surface area contributed by atoms with Crippen molar-refractivity contribution in [3.05, 3.63) is 35.3 Å². The average molecular weight is 301 g/mol. The van der Waals surface area contributed by atoms with Gasteiger partial charge >= 0.3 is 0 Å². The van der Waals surface area contributed by atoms with Gasteiger partial charge in [0.1, 0.15) is 11.9 Å². The second kappa shape index (κ2) is 6.64. The molecule has 0 amide bonds. The third-order valence-electron chi connectivity index (χ3n) is 3.29. The van der Waals surface area contributed by atoms with E-state index in [1.54, 1.807) is 11.8 Å². The molecule has 0 spiro atoms. The van der Waals surface area contributed by atoms with E-state index in [1.165, 1.54) is 0 Å². The van der Waals surface area contributed by atoms with Crippen molar-refractivity contribution in [3.63, 3.8) is 0 Å². The summed E-state index contributed by atoms with van der Waals surface area (Å²) < 4.78 is 2.04. The molecule has 0 saturated carbocycles. The summed E-state index contributed by atoms with van der Waals surface area (Å²) >= 11 is 1.61. The van der Waals surface area contributed by atoms with Crippen molar-refractivity contribution in [1.29, 1.82) is 5.26 Å². The normalized spacial score (nSPS) is 10.7. The van der Waals surface area contributed by atoms with Crippen LogP contribution in [-0.2, 0) is 13.6 Å². The van der Waals surface area contributed by atoms with E-state index in [9.17, 15) is 5.26 Å². The number of imidazole rings is 1. The number of rotatable bonds is 5. The van der Waals surface area contributed by atoms with Gasteiger partial charge < -0.3 is 9.88 Å². The van der Waals surface area contributed by atoms with Crippen molar-refractivity contribution in [3.8, 4) is 6.07 Å². The van der Waals surface area contributed by atoms with Gasteiger partial charge in [-0.25, -0.2) is 9.97 Å². The maximum Gasteiger partial charge on any atom is 0.167 e. The van der Waals surface area contributed by atoms with Gasteiger partial charge in [0.2, 0.25) is 0 Å². The van der Waals surface area contributed by atoms with E-state index in [1.807, 2.05) is 36.2 Å². The molecule has 2 heterocycles. The highest BCUT2D eigenvalue weighted by Crippen LogP contribution is 2.19. The summed E-state index contributed by atoms with van der Waals surface area (Å²) in [5.41, 5.74) is 2.60. The van der Waals surface area contributed by atoms with Gasteiger partial charge in [0.15, 0.2) is 5.16 Å². The van der Waals surface area contributed by atoms with Gasteiger partial charge in [0.25, 0.3) is 0 Å². The number of aromatic nitrogens is 3. The van der Waals surface area contributed by atoms with Gasteiger partial charge in [-0.2, -0.15) is 5.26 Å². The van der Waals surface area contributed by atoms with Crippen molar-refractivity contribution >= 4 is 17.6 Å². The summed E-state index contributed by atoms with van der Waals surface area (Å²) in [6.07, 6.45) is 3.85. The van der Waals surface area contributed by atoms with Crippen LogP contribution in [0.25, 0.3) is 0 Å². The number of nitrogens with one attached hydrogen (secondary N) is 1. The number of pyridine rings is 1. The first-order valence-electron chi connectivity index (χ1n) is 6.76. The van der Waals surface area contributed by atoms with Crippen LogP contribution < -0.4 is 5.32 Å². The summed E-state index contributed by atoms with van der Waals surface area (Å²) in [7, 11) is 1.99. The molecule has 0 aromatic carbocycles. The first-order chi connectivity index (χ1) is 10.1. The molecule has 1 N–H and O–H groups in total. The molecule has 110 valence electrons. The van der Waals surface area contributed by atoms with Crippen LogP contribution in [0.5, 0.6) is 0 Å². The summed E-state index contributed by atoms with van der Waals surface area (Å²) in [5.74, 6) is 0.966. The second-order valence-corrected chi connectivity index (χ2v) is 5.82. The van der Waals surface area contributed by atoms with E-state index < -0.39 is 0 Å². The highest BCUT2D eigenvalue weighted by atomic mass is 32.2. The van der Waals surface area contributed by atoms with Gasteiger partial charge in [-0.05, 0) is 24.3 Å². The molecule has 2 rings (SSSR count). The molecular formula is C15H19N5S. The lowest BCUT2D eigenvalue weighted by Crippen LogP contribution is -2.08. The molecule has 0 saturated heterocycles. The minimum atomic E-state index is 0.332. The summed E-state index contributed by atoms with van der Waals surface area (Å²) in [4.78, 5) is 8.88. The molecular weight excluding hydrogens is 282 g/mol. The van der Waals surface area contributed by atoms with Crippen LogP contribution in [-0.4, -0.2) is 20.8 Å². The Hall–Kier alpha value is -2.00. The summed E-state index contributed by atoms with van der Waals surface area (Å²) in [6, 6.07) is 5.91. The molecule has 0 fully saturated rings. The number of hydrogen-bond donors (Lipinski definition) is 1. The van der Waals surface area contributed by atoms with Gasteiger partial charge in [-0.3, -0.25) is 0 Å². The lowest BCUT2D eigenvalue weighted by Gasteiger charge is -2.11. The Bertz CT molecular complexity index is 669. The van der Waals surface area contributed by atoms with Gasteiger partial charge in [0, 0.05) is 12.7 Å². The monoisotopic (exact) mass is 301 g/mol. The number of nitrogens with zero attached hydrogens (tertiary/aromatic N) is 4. The summed E-state index contributed by atoms with van der Waals surface area (Å²) in [5, 5.41) is 13.4. The minimum Gasteiger partial charge on any atom is -0.363 e. The van der Waals surface area contributed by atoms with Crippen molar-refractivity contribution in [2.45, 2.75) is 31.5 Å². The fourth-order valence-electron chi connectivity index (χ4n) is 1.97. The lowest BCUT2D eigenvalue weighted by atomic mass is 10.1. The van der Waals surface area contributed by atoms with Crippen molar-refractivity contribution < 1.29 is 0 Å². The number of hydrogen-bond acceptors (Lipinski definition) is 5. The van der Waals surface area contributed by atoms with Gasteiger partial charge in [0.05, 0.1) is 24.0 Å². The quantitative estimate of drug-likeness (QED) is 0.859. The number of nitriles is 1. The maximum absolute atomic E-state index is 9.19. The Morgan fingerprint density at radius 1 is 1.43 bits per heavy atom. The van der Waals surface area contributed by atoms with Crippen LogP contribution in [0.3, 0.4) is 0 Å². The van der Waals surface area contributed by atoms with Crippen LogP contribution in [0.15, 0.2) is 23.5 Å². The molecule has 21 heavy (non-hydrogen) atoms. The average Bonchev–Trinajstić information content (AvgIpc) is 2.85. The molecule has 2 aromatic heterocycles. The number of anilines is 1. The van der Waals surface area contributed by atoms with Crippen LogP contribution in [0.4, 0.5) is 5.82 Å².